The van der Waals surface area contributed by atoms with Crippen LogP contribution in [0, 0.1) is 0 Å². The summed E-state index contributed by atoms with van der Waals surface area (Å²) in [6.45, 7) is 2.06. The average Bonchev–Trinajstić information content (AvgIpc) is 2.27. The van der Waals surface area contributed by atoms with Crippen molar-refractivity contribution < 1.29 is 5.11 Å². The molecule has 1 atom stereocenters. The maximum absolute atomic E-state index is 9.69. The first-order chi connectivity index (χ1) is 7.53. The first kappa shape index (κ1) is 13.8. The Balaban J connectivity index is 2.23. The molecule has 0 aromatic carbocycles. The van der Waals surface area contributed by atoms with Crippen LogP contribution in [0.5, 0.6) is 0 Å². The number of hydrogen-bond acceptors (Lipinski definition) is 4. The van der Waals surface area contributed by atoms with Crippen LogP contribution in [-0.2, 0) is 0 Å². The quantitative estimate of drug-likeness (QED) is 0.609. The first-order valence-corrected chi connectivity index (χ1v) is 6.57. The van der Waals surface area contributed by atoms with Crippen molar-refractivity contribution in [1.29, 1.82) is 0 Å². The van der Waals surface area contributed by atoms with Crippen molar-refractivity contribution in [1.82, 2.24) is 4.98 Å². The van der Waals surface area contributed by atoms with Crippen molar-refractivity contribution in [3.05, 3.63) is 23.4 Å². The SMILES string of the molecule is CC(O)(CN)CCCSc1ccc(Cl)cn1. The van der Waals surface area contributed by atoms with E-state index >= 15 is 0 Å². The lowest BCUT2D eigenvalue weighted by molar-refractivity contribution is 0.0596. The molecular weight excluding hydrogens is 244 g/mol. The van der Waals surface area contributed by atoms with Crippen LogP contribution in [-0.4, -0.2) is 28.0 Å². The summed E-state index contributed by atoms with van der Waals surface area (Å²) in [5, 5.41) is 11.3. The Morgan fingerprint density at radius 2 is 2.31 bits per heavy atom. The highest BCUT2D eigenvalue weighted by Crippen LogP contribution is 2.20. The lowest BCUT2D eigenvalue weighted by Gasteiger charge is -2.20. The van der Waals surface area contributed by atoms with Gasteiger partial charge in [-0.3, -0.25) is 0 Å². The van der Waals surface area contributed by atoms with Gasteiger partial charge < -0.3 is 10.8 Å². The van der Waals surface area contributed by atoms with Gasteiger partial charge in [0.25, 0.3) is 0 Å². The molecule has 1 unspecified atom stereocenters. The van der Waals surface area contributed by atoms with E-state index in [0.717, 1.165) is 17.2 Å². The summed E-state index contributed by atoms with van der Waals surface area (Å²) < 4.78 is 0. The Bertz CT molecular complexity index is 316. The monoisotopic (exact) mass is 260 g/mol. The zero-order chi connectivity index (χ0) is 12.0. The topological polar surface area (TPSA) is 59.1 Å². The molecule has 0 amide bonds. The molecule has 3 N–H and O–H groups in total. The normalized spacial score (nSPS) is 14.8. The van der Waals surface area contributed by atoms with Gasteiger partial charge in [0.2, 0.25) is 0 Å². The second kappa shape index (κ2) is 6.45. The molecule has 0 bridgehead atoms. The van der Waals surface area contributed by atoms with Gasteiger partial charge in [-0.2, -0.15) is 0 Å². The summed E-state index contributed by atoms with van der Waals surface area (Å²) in [6, 6.07) is 3.72. The largest absolute Gasteiger partial charge is 0.389 e. The molecule has 0 saturated carbocycles. The summed E-state index contributed by atoms with van der Waals surface area (Å²) in [4.78, 5) is 4.18. The summed E-state index contributed by atoms with van der Waals surface area (Å²) in [5.74, 6) is 0.921. The van der Waals surface area contributed by atoms with Gasteiger partial charge in [-0.05, 0) is 37.7 Å². The summed E-state index contributed by atoms with van der Waals surface area (Å²) in [5.41, 5.74) is 4.69. The van der Waals surface area contributed by atoms with E-state index in [4.69, 9.17) is 17.3 Å². The highest BCUT2D eigenvalue weighted by molar-refractivity contribution is 7.99. The fourth-order valence-corrected chi connectivity index (χ4v) is 2.08. The van der Waals surface area contributed by atoms with E-state index in [1.54, 1.807) is 24.9 Å². The molecule has 0 aliphatic carbocycles. The molecule has 5 heteroatoms. The fourth-order valence-electron chi connectivity index (χ4n) is 1.18. The second-order valence-corrected chi connectivity index (χ2v) is 5.52. The first-order valence-electron chi connectivity index (χ1n) is 5.20. The molecule has 0 aliphatic rings. The maximum Gasteiger partial charge on any atom is 0.0960 e. The minimum absolute atomic E-state index is 0.302. The molecular formula is C11H17ClN2OS. The number of aliphatic hydroxyl groups is 1. The molecule has 0 radical (unpaired) electrons. The Morgan fingerprint density at radius 3 is 2.88 bits per heavy atom. The molecule has 1 rings (SSSR count). The predicted octanol–water partition coefficient (Wildman–Crippen LogP) is 2.32. The van der Waals surface area contributed by atoms with Crippen LogP contribution in [0.3, 0.4) is 0 Å². The molecule has 1 aromatic heterocycles. The number of nitrogens with two attached hydrogens (primary N) is 1. The minimum atomic E-state index is -0.742. The predicted molar refractivity (Wildman–Crippen MR) is 68.9 cm³/mol. The fraction of sp³-hybridized carbons (Fsp3) is 0.545. The van der Waals surface area contributed by atoms with Gasteiger partial charge >= 0.3 is 0 Å². The maximum atomic E-state index is 9.69. The third kappa shape index (κ3) is 5.16. The summed E-state index contributed by atoms with van der Waals surface area (Å²) >= 11 is 7.39. The van der Waals surface area contributed by atoms with E-state index in [2.05, 4.69) is 4.98 Å². The number of pyridine rings is 1. The number of nitrogens with zero attached hydrogens (tertiary/aromatic N) is 1. The Labute approximate surface area is 105 Å². The van der Waals surface area contributed by atoms with Gasteiger partial charge in [0.1, 0.15) is 0 Å². The van der Waals surface area contributed by atoms with Crippen LogP contribution >= 0.6 is 23.4 Å². The molecule has 16 heavy (non-hydrogen) atoms. The van der Waals surface area contributed by atoms with Crippen LogP contribution in [0.25, 0.3) is 0 Å². The van der Waals surface area contributed by atoms with Gasteiger partial charge in [-0.25, -0.2) is 4.98 Å². The summed E-state index contributed by atoms with van der Waals surface area (Å²) in [6.07, 6.45) is 3.27. The van der Waals surface area contributed by atoms with Crippen molar-refractivity contribution in [3.63, 3.8) is 0 Å². The van der Waals surface area contributed by atoms with Crippen LogP contribution < -0.4 is 5.73 Å². The molecule has 90 valence electrons. The van der Waals surface area contributed by atoms with Crippen LogP contribution in [0.4, 0.5) is 0 Å². The third-order valence-corrected chi connectivity index (χ3v) is 3.50. The highest BCUT2D eigenvalue weighted by Gasteiger charge is 2.16. The smallest absolute Gasteiger partial charge is 0.0960 e. The van der Waals surface area contributed by atoms with Crippen molar-refractivity contribution in [2.75, 3.05) is 12.3 Å². The van der Waals surface area contributed by atoms with Gasteiger partial charge in [-0.1, -0.05) is 11.6 Å². The number of hydrogen-bond donors (Lipinski definition) is 2. The van der Waals surface area contributed by atoms with E-state index in [1.165, 1.54) is 0 Å². The Hall–Kier alpha value is -0.290. The molecule has 0 spiro atoms. The number of thioether (sulfide) groups is 1. The van der Waals surface area contributed by atoms with Gasteiger partial charge in [0, 0.05) is 12.7 Å². The van der Waals surface area contributed by atoms with Crippen molar-refractivity contribution in [2.24, 2.45) is 5.73 Å². The van der Waals surface area contributed by atoms with Gasteiger partial charge in [0.05, 0.1) is 15.6 Å². The highest BCUT2D eigenvalue weighted by atomic mass is 35.5. The van der Waals surface area contributed by atoms with Crippen LogP contribution in [0.1, 0.15) is 19.8 Å². The number of aromatic nitrogens is 1. The standard InChI is InChI=1S/C11H17ClN2OS/c1-11(15,8-13)5-2-6-16-10-4-3-9(12)7-14-10/h3-4,7,15H,2,5-6,8,13H2,1H3. The molecule has 0 fully saturated rings. The molecule has 1 heterocycles. The van der Waals surface area contributed by atoms with E-state index < -0.39 is 5.60 Å². The lowest BCUT2D eigenvalue weighted by Crippen LogP contribution is -2.34. The van der Waals surface area contributed by atoms with E-state index in [1.807, 2.05) is 12.1 Å². The summed E-state index contributed by atoms with van der Waals surface area (Å²) in [7, 11) is 0. The number of rotatable bonds is 6. The molecule has 1 aromatic rings. The second-order valence-electron chi connectivity index (χ2n) is 3.97. The van der Waals surface area contributed by atoms with Gasteiger partial charge in [0.15, 0.2) is 0 Å². The molecule has 3 nitrogen and oxygen atoms in total. The van der Waals surface area contributed by atoms with E-state index in [-0.39, 0.29) is 0 Å². The van der Waals surface area contributed by atoms with Crippen molar-refractivity contribution in [2.45, 2.75) is 30.4 Å². The number of halogens is 1. The van der Waals surface area contributed by atoms with E-state index in [9.17, 15) is 5.11 Å². The zero-order valence-corrected chi connectivity index (χ0v) is 10.9. The lowest BCUT2D eigenvalue weighted by atomic mass is 10.0. The van der Waals surface area contributed by atoms with Crippen molar-refractivity contribution >= 4 is 23.4 Å². The Morgan fingerprint density at radius 1 is 1.56 bits per heavy atom. The van der Waals surface area contributed by atoms with Crippen LogP contribution in [0.2, 0.25) is 5.02 Å². The zero-order valence-electron chi connectivity index (χ0n) is 9.32. The average molecular weight is 261 g/mol. The van der Waals surface area contributed by atoms with E-state index in [0.29, 0.717) is 18.0 Å². The molecule has 0 aliphatic heterocycles. The van der Waals surface area contributed by atoms with Crippen molar-refractivity contribution in [3.8, 4) is 0 Å². The third-order valence-electron chi connectivity index (χ3n) is 2.25. The molecule has 0 saturated heterocycles. The van der Waals surface area contributed by atoms with Crippen LogP contribution in [0.15, 0.2) is 23.4 Å². The Kier molecular flexibility index (Phi) is 5.55. The minimum Gasteiger partial charge on any atom is -0.389 e. The van der Waals surface area contributed by atoms with Gasteiger partial charge in [-0.15, -0.1) is 11.8 Å².